The molecule has 0 aliphatic heterocycles. The van der Waals surface area contributed by atoms with E-state index in [-0.39, 0.29) is 0 Å². The lowest BCUT2D eigenvalue weighted by atomic mass is 10.0. The van der Waals surface area contributed by atoms with Crippen molar-refractivity contribution in [2.75, 3.05) is 0 Å². The van der Waals surface area contributed by atoms with Crippen LogP contribution in [0.1, 0.15) is 61.8 Å². The van der Waals surface area contributed by atoms with Gasteiger partial charge in [0, 0.05) is 11.1 Å². The molecule has 24 heavy (non-hydrogen) atoms. The third-order valence-electron chi connectivity index (χ3n) is 4.47. The molecule has 2 aromatic rings. The van der Waals surface area contributed by atoms with Gasteiger partial charge in [0.05, 0.1) is 0 Å². The molecule has 0 heterocycles. The average molecular weight is 343 g/mol. The van der Waals surface area contributed by atoms with Crippen LogP contribution in [0, 0.1) is 0 Å². The Labute approximate surface area is 150 Å². The Morgan fingerprint density at radius 1 is 0.667 bits per heavy atom. The van der Waals surface area contributed by atoms with Gasteiger partial charge in [0.1, 0.15) is 11.5 Å². The highest BCUT2D eigenvalue weighted by Crippen LogP contribution is 2.20. The number of hydrogen-bond donors (Lipinski definition) is 0. The van der Waals surface area contributed by atoms with Crippen molar-refractivity contribution >= 4 is 11.2 Å². The van der Waals surface area contributed by atoms with E-state index in [0.717, 1.165) is 12.8 Å². The molecule has 2 aromatic carbocycles. The maximum absolute atomic E-state index is 12.7. The monoisotopic (exact) mass is 342 g/mol. The fourth-order valence-electron chi connectivity index (χ4n) is 3.02. The van der Waals surface area contributed by atoms with Gasteiger partial charge in [0.25, 0.3) is 0 Å². The maximum Gasteiger partial charge on any atom is 0.131 e. The quantitative estimate of drug-likeness (QED) is 0.499. The predicted octanol–water partition coefficient (Wildman–Crippen LogP) is 5.82. The summed E-state index contributed by atoms with van der Waals surface area (Å²) in [7, 11) is 0. The summed E-state index contributed by atoms with van der Waals surface area (Å²) in [4.78, 5) is 0. The first-order chi connectivity index (χ1) is 11.7. The molecule has 130 valence electrons. The summed E-state index contributed by atoms with van der Waals surface area (Å²) >= 11 is -0.854. The summed E-state index contributed by atoms with van der Waals surface area (Å²) in [6.07, 6.45) is 6.98. The van der Waals surface area contributed by atoms with Crippen molar-refractivity contribution in [2.45, 2.75) is 63.9 Å². The van der Waals surface area contributed by atoms with E-state index in [1.54, 1.807) is 0 Å². The molecule has 0 aliphatic carbocycles. The van der Waals surface area contributed by atoms with E-state index in [1.165, 1.54) is 47.9 Å². The van der Waals surface area contributed by atoms with Gasteiger partial charge >= 0.3 is 0 Å². The molecular formula is C22H30OS. The summed E-state index contributed by atoms with van der Waals surface area (Å²) in [5.41, 5.74) is 5.25. The van der Waals surface area contributed by atoms with Crippen LogP contribution in [0.2, 0.25) is 0 Å². The van der Waals surface area contributed by atoms with E-state index < -0.39 is 11.2 Å². The Morgan fingerprint density at radius 2 is 1.04 bits per heavy atom. The third kappa shape index (κ3) is 5.99. The standard InChI is InChI=1S/C22H30OS/c1-3-5-11-19-13-7-9-15-21(19)17-24(23)18-22-16-10-8-14-20(22)12-6-4-2/h7-10,13-16H,3-6,11-12,17-18H2,1-2H3. The smallest absolute Gasteiger partial charge is 0.131 e. The number of aryl methyl sites for hydroxylation is 2. The van der Waals surface area contributed by atoms with Crippen LogP contribution in [-0.2, 0) is 35.5 Å². The van der Waals surface area contributed by atoms with Crippen LogP contribution in [0.4, 0.5) is 0 Å². The fraction of sp³-hybridized carbons (Fsp3) is 0.455. The minimum absolute atomic E-state index is 0.669. The highest BCUT2D eigenvalue weighted by molar-refractivity contribution is 7.89. The molecule has 0 fully saturated rings. The number of benzene rings is 2. The molecule has 0 atom stereocenters. The second kappa shape index (κ2) is 10.6. The van der Waals surface area contributed by atoms with Crippen molar-refractivity contribution in [1.29, 1.82) is 0 Å². The van der Waals surface area contributed by atoms with Gasteiger partial charge in [-0.25, -0.2) is 0 Å². The maximum atomic E-state index is 12.7. The van der Waals surface area contributed by atoms with Gasteiger partial charge in [-0.1, -0.05) is 75.2 Å². The molecule has 0 aliphatic rings. The molecule has 0 radical (unpaired) electrons. The van der Waals surface area contributed by atoms with Gasteiger partial charge in [-0.15, -0.1) is 0 Å². The van der Waals surface area contributed by atoms with Crippen LogP contribution in [0.25, 0.3) is 0 Å². The molecule has 0 amide bonds. The van der Waals surface area contributed by atoms with Crippen LogP contribution in [0.15, 0.2) is 48.5 Å². The Bertz CT molecular complexity index is 555. The number of hydrogen-bond acceptors (Lipinski definition) is 1. The Hall–Kier alpha value is -1.25. The van der Waals surface area contributed by atoms with Gasteiger partial charge in [-0.3, -0.25) is 0 Å². The van der Waals surface area contributed by atoms with Gasteiger partial charge in [0.2, 0.25) is 0 Å². The lowest BCUT2D eigenvalue weighted by molar-refractivity contribution is 0.592. The molecule has 0 unspecified atom stereocenters. The van der Waals surface area contributed by atoms with Gasteiger partial charge in [-0.05, 0) is 48.0 Å². The van der Waals surface area contributed by atoms with Crippen molar-refractivity contribution in [1.82, 2.24) is 0 Å². The van der Waals surface area contributed by atoms with E-state index in [4.69, 9.17) is 0 Å². The van der Waals surface area contributed by atoms with Crippen molar-refractivity contribution in [3.63, 3.8) is 0 Å². The fourth-order valence-corrected chi connectivity index (χ4v) is 4.38. The average Bonchev–Trinajstić information content (AvgIpc) is 2.60. The van der Waals surface area contributed by atoms with Gasteiger partial charge in [0.15, 0.2) is 0 Å². The minimum Gasteiger partial charge on any atom is -0.616 e. The molecule has 1 nitrogen and oxygen atoms in total. The second-order valence-electron chi connectivity index (χ2n) is 6.47. The van der Waals surface area contributed by atoms with Crippen LogP contribution in [0.3, 0.4) is 0 Å². The first-order valence-electron chi connectivity index (χ1n) is 9.23. The molecule has 0 aromatic heterocycles. The second-order valence-corrected chi connectivity index (χ2v) is 7.93. The molecule has 0 saturated heterocycles. The Kier molecular flexibility index (Phi) is 8.41. The summed E-state index contributed by atoms with van der Waals surface area (Å²) < 4.78 is 12.7. The zero-order valence-electron chi connectivity index (χ0n) is 15.1. The minimum atomic E-state index is -0.854. The largest absolute Gasteiger partial charge is 0.616 e. The lowest BCUT2D eigenvalue weighted by Crippen LogP contribution is -2.11. The number of rotatable bonds is 10. The highest BCUT2D eigenvalue weighted by Gasteiger charge is 2.14. The zero-order chi connectivity index (χ0) is 17.2. The predicted molar refractivity (Wildman–Crippen MR) is 106 cm³/mol. The van der Waals surface area contributed by atoms with Crippen LogP contribution in [-0.4, -0.2) is 4.55 Å². The molecule has 0 N–H and O–H groups in total. The van der Waals surface area contributed by atoms with E-state index in [0.29, 0.717) is 11.5 Å². The molecule has 0 bridgehead atoms. The van der Waals surface area contributed by atoms with Crippen molar-refractivity contribution in [2.24, 2.45) is 0 Å². The first kappa shape index (κ1) is 19.1. The van der Waals surface area contributed by atoms with E-state index in [2.05, 4.69) is 62.4 Å². The van der Waals surface area contributed by atoms with E-state index in [9.17, 15) is 4.55 Å². The van der Waals surface area contributed by atoms with Crippen molar-refractivity contribution in [3.05, 3.63) is 70.8 Å². The normalized spacial score (nSPS) is 11.2. The number of unbranched alkanes of at least 4 members (excludes halogenated alkanes) is 2. The van der Waals surface area contributed by atoms with E-state index >= 15 is 0 Å². The highest BCUT2D eigenvalue weighted by atomic mass is 32.2. The molecular weight excluding hydrogens is 312 g/mol. The van der Waals surface area contributed by atoms with Gasteiger partial charge in [-0.2, -0.15) is 0 Å². The summed E-state index contributed by atoms with van der Waals surface area (Å²) in [6.45, 7) is 4.43. The Balaban J connectivity index is 2.02. The molecule has 2 heteroatoms. The third-order valence-corrected chi connectivity index (χ3v) is 5.74. The summed E-state index contributed by atoms with van der Waals surface area (Å²) in [5.74, 6) is 1.34. The SMILES string of the molecule is CCCCc1ccccc1C[S+]([O-])Cc1ccccc1CCCC. The molecule has 0 saturated carbocycles. The Morgan fingerprint density at radius 3 is 1.42 bits per heavy atom. The first-order valence-corrected chi connectivity index (χ1v) is 10.7. The summed E-state index contributed by atoms with van der Waals surface area (Å²) in [5, 5.41) is 0. The van der Waals surface area contributed by atoms with Gasteiger partial charge < -0.3 is 4.55 Å². The van der Waals surface area contributed by atoms with E-state index in [1.807, 2.05) is 0 Å². The van der Waals surface area contributed by atoms with Crippen molar-refractivity contribution < 1.29 is 4.55 Å². The lowest BCUT2D eigenvalue weighted by Gasteiger charge is -2.16. The van der Waals surface area contributed by atoms with Crippen molar-refractivity contribution in [3.8, 4) is 0 Å². The summed E-state index contributed by atoms with van der Waals surface area (Å²) in [6, 6.07) is 17.0. The molecule has 2 rings (SSSR count). The van der Waals surface area contributed by atoms with Crippen LogP contribution >= 0.6 is 0 Å². The molecule has 0 spiro atoms. The van der Waals surface area contributed by atoms with Crippen LogP contribution in [0.5, 0.6) is 0 Å². The van der Waals surface area contributed by atoms with Crippen LogP contribution < -0.4 is 0 Å². The zero-order valence-corrected chi connectivity index (χ0v) is 15.9. The topological polar surface area (TPSA) is 23.1 Å².